The molecule has 0 fully saturated rings. The first kappa shape index (κ1) is 30.3. The second kappa shape index (κ2) is 12.5. The van der Waals surface area contributed by atoms with Crippen molar-refractivity contribution < 1.29 is 19.7 Å². The number of phenolic OH excluding ortho intramolecular Hbond substituents is 2. The van der Waals surface area contributed by atoms with Gasteiger partial charge in [-0.1, -0.05) is 48.5 Å². The Bertz CT molecular complexity index is 2050. The summed E-state index contributed by atoms with van der Waals surface area (Å²) in [6, 6.07) is 27.9. The number of benzene rings is 4. The van der Waals surface area contributed by atoms with Crippen LogP contribution in [0.3, 0.4) is 0 Å². The number of H-pyrrole nitrogens is 2. The van der Waals surface area contributed by atoms with Crippen LogP contribution in [-0.2, 0) is 6.42 Å². The van der Waals surface area contributed by atoms with E-state index in [2.05, 4.69) is 68.9 Å². The van der Waals surface area contributed by atoms with Crippen molar-refractivity contribution in [1.29, 1.82) is 0 Å². The molecular formula is C41H36N4O4. The molecule has 0 aliphatic heterocycles. The third-order valence-corrected chi connectivity index (χ3v) is 9.90. The molecule has 4 N–H and O–H groups in total. The lowest BCUT2D eigenvalue weighted by Crippen LogP contribution is -2.09. The van der Waals surface area contributed by atoms with Gasteiger partial charge in [0.25, 0.3) is 0 Å². The minimum atomic E-state index is -0.0731. The van der Waals surface area contributed by atoms with Crippen LogP contribution in [0.1, 0.15) is 80.6 Å². The summed E-state index contributed by atoms with van der Waals surface area (Å²) in [5, 5.41) is 37.4. The molecule has 2 heterocycles. The quantitative estimate of drug-likeness (QED) is 0.132. The molecule has 2 unspecified atom stereocenters. The Labute approximate surface area is 284 Å². The Morgan fingerprint density at radius 3 is 1.43 bits per heavy atom. The van der Waals surface area contributed by atoms with Crippen LogP contribution in [0.15, 0.2) is 97.3 Å². The van der Waals surface area contributed by atoms with E-state index in [0.717, 1.165) is 91.4 Å². The van der Waals surface area contributed by atoms with Crippen LogP contribution in [0.2, 0.25) is 0 Å². The number of rotatable bonds is 8. The number of allylic oxidation sites excluding steroid dienone is 2. The molecule has 0 bridgehead atoms. The number of ether oxygens (including phenoxy) is 2. The third-order valence-electron chi connectivity index (χ3n) is 9.90. The summed E-state index contributed by atoms with van der Waals surface area (Å²) in [5.74, 6) is 1.99. The van der Waals surface area contributed by atoms with Crippen LogP contribution in [0.4, 0.5) is 0 Å². The van der Waals surface area contributed by atoms with Crippen LogP contribution in [-0.4, -0.2) is 44.8 Å². The zero-order valence-electron chi connectivity index (χ0n) is 27.3. The van der Waals surface area contributed by atoms with Crippen LogP contribution >= 0.6 is 0 Å². The molecule has 2 aromatic heterocycles. The number of methoxy groups -OCH3 is 2. The van der Waals surface area contributed by atoms with Crippen LogP contribution in [0, 0.1) is 0 Å². The lowest BCUT2D eigenvalue weighted by molar-refractivity contribution is 0.414. The molecule has 0 saturated carbocycles. The van der Waals surface area contributed by atoms with Gasteiger partial charge < -0.3 is 19.7 Å². The first-order valence-electron chi connectivity index (χ1n) is 16.4. The average molecular weight is 649 g/mol. The highest BCUT2D eigenvalue weighted by Gasteiger charge is 2.29. The molecule has 0 amide bonds. The molecule has 8 heteroatoms. The van der Waals surface area contributed by atoms with Gasteiger partial charge in [0, 0.05) is 34.1 Å². The predicted octanol–water partition coefficient (Wildman–Crippen LogP) is 8.30. The fraction of sp³-hybridized carbons (Fsp3) is 0.171. The van der Waals surface area contributed by atoms with Crippen LogP contribution in [0.25, 0.3) is 23.3 Å². The number of hydrogen-bond donors (Lipinski definition) is 4. The van der Waals surface area contributed by atoms with E-state index in [4.69, 9.17) is 9.47 Å². The van der Waals surface area contributed by atoms with Gasteiger partial charge in [-0.05, 0) is 101 Å². The van der Waals surface area contributed by atoms with Gasteiger partial charge in [0.05, 0.1) is 38.0 Å². The van der Waals surface area contributed by atoms with Gasteiger partial charge in [-0.15, -0.1) is 0 Å². The van der Waals surface area contributed by atoms with Gasteiger partial charge >= 0.3 is 0 Å². The molecule has 0 saturated heterocycles. The lowest BCUT2D eigenvalue weighted by atomic mass is 9.78. The van der Waals surface area contributed by atoms with Gasteiger partial charge in [-0.3, -0.25) is 10.2 Å². The zero-order valence-corrected chi connectivity index (χ0v) is 27.3. The fourth-order valence-electron chi connectivity index (χ4n) is 7.31. The van der Waals surface area contributed by atoms with E-state index < -0.39 is 0 Å². The highest BCUT2D eigenvalue weighted by atomic mass is 16.5. The summed E-state index contributed by atoms with van der Waals surface area (Å²) in [6.07, 6.45) is 10.1. The number of hydrogen-bond acceptors (Lipinski definition) is 6. The molecule has 0 spiro atoms. The standard InChI is InChI=1S/C41H36N4O4/c1-48-30-9-5-26(6-10-30)28-18-32(36-22-42-44-38(36)20-28)34-16-24(3-13-40(34)46)15-25-4-14-41(47)35(17-25)33-19-29(21-39-37(33)23-43-45-39)27-7-11-31(49-2)12-8-27/h3-14,16-17,20-23,32-33,46-47H,15,18-19H2,1-2H3,(H,42,44)(H,43,45). The summed E-state index contributed by atoms with van der Waals surface area (Å²) < 4.78 is 10.7. The van der Waals surface area contributed by atoms with Gasteiger partial charge in [-0.25, -0.2) is 0 Å². The van der Waals surface area contributed by atoms with Crippen molar-refractivity contribution in [2.24, 2.45) is 0 Å². The SMILES string of the molecule is COc1ccc(C2=Cc3[nH]ncc3C(c3cc(Cc4ccc(O)c(C5CC(c6ccc(OC)cc6)=Cc6[nH]ncc65)c4)ccc3O)C2)cc1. The maximum Gasteiger partial charge on any atom is 0.119 e. The number of aromatic nitrogens is 4. The molecule has 6 aromatic rings. The molecule has 4 aromatic carbocycles. The maximum atomic E-state index is 11.2. The molecular weight excluding hydrogens is 612 g/mol. The minimum absolute atomic E-state index is 0.0731. The van der Waals surface area contributed by atoms with E-state index in [9.17, 15) is 10.2 Å². The Morgan fingerprint density at radius 2 is 1.02 bits per heavy atom. The van der Waals surface area contributed by atoms with Crippen molar-refractivity contribution in [1.82, 2.24) is 20.4 Å². The van der Waals surface area contributed by atoms with E-state index >= 15 is 0 Å². The van der Waals surface area contributed by atoms with Crippen molar-refractivity contribution in [3.63, 3.8) is 0 Å². The number of nitrogens with zero attached hydrogens (tertiary/aromatic N) is 2. The first-order valence-corrected chi connectivity index (χ1v) is 16.4. The molecule has 8 nitrogen and oxygen atoms in total. The highest BCUT2D eigenvalue weighted by Crippen LogP contribution is 2.46. The average Bonchev–Trinajstić information content (AvgIpc) is 3.83. The highest BCUT2D eigenvalue weighted by molar-refractivity contribution is 5.86. The molecule has 8 rings (SSSR count). The van der Waals surface area contributed by atoms with Crippen molar-refractivity contribution in [2.45, 2.75) is 31.1 Å². The molecule has 2 aliphatic carbocycles. The monoisotopic (exact) mass is 648 g/mol. The van der Waals surface area contributed by atoms with E-state index in [1.54, 1.807) is 26.4 Å². The van der Waals surface area contributed by atoms with Crippen molar-refractivity contribution in [2.75, 3.05) is 14.2 Å². The van der Waals surface area contributed by atoms with E-state index in [0.29, 0.717) is 6.42 Å². The fourth-order valence-corrected chi connectivity index (χ4v) is 7.31. The number of aromatic amines is 2. The first-order chi connectivity index (χ1) is 24.0. The summed E-state index contributed by atoms with van der Waals surface area (Å²) in [7, 11) is 3.33. The second-order valence-electron chi connectivity index (χ2n) is 12.8. The van der Waals surface area contributed by atoms with E-state index in [1.165, 1.54) is 0 Å². The smallest absolute Gasteiger partial charge is 0.119 e. The van der Waals surface area contributed by atoms with E-state index in [1.807, 2.05) is 48.8 Å². The van der Waals surface area contributed by atoms with E-state index in [-0.39, 0.29) is 23.3 Å². The Balaban J connectivity index is 1.09. The molecule has 49 heavy (non-hydrogen) atoms. The van der Waals surface area contributed by atoms with Crippen molar-refractivity contribution >= 4 is 23.3 Å². The Hall–Kier alpha value is -6.02. The molecule has 2 atom stereocenters. The minimum Gasteiger partial charge on any atom is -0.508 e. The molecule has 0 radical (unpaired) electrons. The second-order valence-corrected chi connectivity index (χ2v) is 12.8. The largest absolute Gasteiger partial charge is 0.508 e. The summed E-state index contributed by atoms with van der Waals surface area (Å²) in [5.41, 5.74) is 12.4. The number of nitrogens with one attached hydrogen (secondary N) is 2. The summed E-state index contributed by atoms with van der Waals surface area (Å²) >= 11 is 0. The van der Waals surface area contributed by atoms with Crippen molar-refractivity contribution in [3.05, 3.63) is 153 Å². The zero-order chi connectivity index (χ0) is 33.5. The van der Waals surface area contributed by atoms with Gasteiger partial charge in [0.2, 0.25) is 0 Å². The van der Waals surface area contributed by atoms with Gasteiger partial charge in [-0.2, -0.15) is 10.2 Å². The number of phenols is 2. The summed E-state index contributed by atoms with van der Waals surface area (Å²) in [4.78, 5) is 0. The molecule has 2 aliphatic rings. The van der Waals surface area contributed by atoms with Crippen LogP contribution in [0.5, 0.6) is 23.0 Å². The number of aromatic hydroxyl groups is 2. The Kier molecular flexibility index (Phi) is 7.76. The molecule has 244 valence electrons. The number of fused-ring (bicyclic) bond motifs is 2. The normalized spacial score (nSPS) is 16.7. The third kappa shape index (κ3) is 5.75. The van der Waals surface area contributed by atoms with Crippen molar-refractivity contribution in [3.8, 4) is 23.0 Å². The van der Waals surface area contributed by atoms with Gasteiger partial charge in [0.1, 0.15) is 23.0 Å². The van der Waals surface area contributed by atoms with Crippen LogP contribution < -0.4 is 9.47 Å². The maximum absolute atomic E-state index is 11.2. The van der Waals surface area contributed by atoms with Gasteiger partial charge in [0.15, 0.2) is 0 Å². The summed E-state index contributed by atoms with van der Waals surface area (Å²) in [6.45, 7) is 0. The lowest BCUT2D eigenvalue weighted by Gasteiger charge is -2.25. The Morgan fingerprint density at radius 1 is 0.592 bits per heavy atom. The topological polar surface area (TPSA) is 116 Å². The predicted molar refractivity (Wildman–Crippen MR) is 191 cm³/mol.